The maximum Gasteiger partial charge on any atom is 0.258 e. The number of halogens is 1. The Hall–Kier alpha value is -4.30. The Morgan fingerprint density at radius 3 is 2.75 bits per heavy atom. The molecule has 1 amide bonds. The standard InChI is InChI=1S/C32H32FN5O2/c1-21(23-5-3-2-4-6-23)38-20-25(18-34-38)32(40)35-27-8-10-31(39)28(17-27)30-16-24-15-22(7-9-29(24)36-30)19-37-13-11-26(33)12-14-37/h2-9,15-18,20-21,26,36H,10-14,19H2,1H3,(H,35,40)/t21-/m1/s1. The van der Waals surface area contributed by atoms with Crippen LogP contribution in [-0.4, -0.2) is 50.6 Å². The van der Waals surface area contributed by atoms with Crippen LogP contribution in [0.15, 0.2) is 84.8 Å². The fourth-order valence-corrected chi connectivity index (χ4v) is 5.42. The summed E-state index contributed by atoms with van der Waals surface area (Å²) in [5.74, 6) is -0.288. The van der Waals surface area contributed by atoms with Gasteiger partial charge in [0, 0.05) is 54.4 Å². The average molecular weight is 538 g/mol. The Balaban J connectivity index is 1.15. The van der Waals surface area contributed by atoms with Crippen LogP contribution in [0.1, 0.15) is 59.4 Å². The molecule has 4 aromatic rings. The molecule has 0 saturated carbocycles. The third-order valence-electron chi connectivity index (χ3n) is 7.81. The highest BCUT2D eigenvalue weighted by atomic mass is 19.1. The zero-order valence-corrected chi connectivity index (χ0v) is 22.4. The number of allylic oxidation sites excluding steroid dienone is 3. The number of H-pyrrole nitrogens is 1. The predicted molar refractivity (Wildman–Crippen MR) is 153 cm³/mol. The largest absolute Gasteiger partial charge is 0.354 e. The second kappa shape index (κ2) is 11.1. The molecular formula is C32H32FN5O2. The van der Waals surface area contributed by atoms with Crippen LogP contribution < -0.4 is 5.32 Å². The highest BCUT2D eigenvalue weighted by Crippen LogP contribution is 2.27. The second-order valence-corrected chi connectivity index (χ2v) is 10.6. The molecule has 7 nitrogen and oxygen atoms in total. The van der Waals surface area contributed by atoms with E-state index >= 15 is 0 Å². The highest BCUT2D eigenvalue weighted by Gasteiger charge is 2.21. The van der Waals surface area contributed by atoms with Crippen molar-refractivity contribution in [3.8, 4) is 0 Å². The number of hydrogen-bond donors (Lipinski definition) is 2. The lowest BCUT2D eigenvalue weighted by Gasteiger charge is -2.28. The van der Waals surface area contributed by atoms with Gasteiger partial charge in [0.25, 0.3) is 5.91 Å². The van der Waals surface area contributed by atoms with Crippen molar-refractivity contribution in [3.63, 3.8) is 0 Å². The van der Waals surface area contributed by atoms with Crippen LogP contribution in [0.5, 0.6) is 0 Å². The molecule has 8 heteroatoms. The van der Waals surface area contributed by atoms with E-state index in [1.54, 1.807) is 29.2 Å². The second-order valence-electron chi connectivity index (χ2n) is 10.6. The van der Waals surface area contributed by atoms with Crippen molar-refractivity contribution in [1.82, 2.24) is 25.0 Å². The van der Waals surface area contributed by atoms with Gasteiger partial charge in [-0.05, 0) is 55.2 Å². The summed E-state index contributed by atoms with van der Waals surface area (Å²) in [6.45, 7) is 4.36. The molecule has 1 fully saturated rings. The number of nitrogens with one attached hydrogen (secondary N) is 2. The van der Waals surface area contributed by atoms with Crippen molar-refractivity contribution in [1.29, 1.82) is 0 Å². The van der Waals surface area contributed by atoms with Crippen LogP contribution >= 0.6 is 0 Å². The molecule has 2 N–H and O–H groups in total. The topological polar surface area (TPSA) is 83.0 Å². The molecule has 2 aromatic carbocycles. The molecule has 1 aliphatic carbocycles. The number of likely N-dealkylation sites (tertiary alicyclic amines) is 1. The summed E-state index contributed by atoms with van der Waals surface area (Å²) in [6, 6.07) is 18.2. The Morgan fingerprint density at radius 2 is 1.95 bits per heavy atom. The number of carbonyl (C=O) groups excluding carboxylic acids is 2. The van der Waals surface area contributed by atoms with Crippen LogP contribution in [0.25, 0.3) is 16.5 Å². The van der Waals surface area contributed by atoms with E-state index in [2.05, 4.69) is 32.4 Å². The van der Waals surface area contributed by atoms with Gasteiger partial charge >= 0.3 is 0 Å². The minimum Gasteiger partial charge on any atom is -0.354 e. The van der Waals surface area contributed by atoms with Crippen LogP contribution in [0, 0.1) is 0 Å². The maximum atomic E-state index is 13.5. The minimum absolute atomic E-state index is 0.00866. The van der Waals surface area contributed by atoms with Crippen LogP contribution in [0.2, 0.25) is 0 Å². The maximum absolute atomic E-state index is 13.5. The van der Waals surface area contributed by atoms with Gasteiger partial charge in [-0.3, -0.25) is 19.2 Å². The molecule has 40 heavy (non-hydrogen) atoms. The molecule has 0 unspecified atom stereocenters. The molecule has 0 radical (unpaired) electrons. The first kappa shape index (κ1) is 26.0. The van der Waals surface area contributed by atoms with Crippen molar-refractivity contribution in [2.75, 3.05) is 13.1 Å². The van der Waals surface area contributed by atoms with Gasteiger partial charge in [-0.15, -0.1) is 0 Å². The van der Waals surface area contributed by atoms with Gasteiger partial charge in [-0.25, -0.2) is 4.39 Å². The van der Waals surface area contributed by atoms with E-state index in [4.69, 9.17) is 0 Å². The third-order valence-corrected chi connectivity index (χ3v) is 7.81. The van der Waals surface area contributed by atoms with E-state index in [-0.39, 0.29) is 24.2 Å². The summed E-state index contributed by atoms with van der Waals surface area (Å²) in [5, 5.41) is 8.34. The number of amides is 1. The normalized spacial score (nSPS) is 17.5. The summed E-state index contributed by atoms with van der Waals surface area (Å²) in [7, 11) is 0. The first-order valence-corrected chi connectivity index (χ1v) is 13.8. The van der Waals surface area contributed by atoms with E-state index in [1.807, 2.05) is 49.4 Å². The van der Waals surface area contributed by atoms with Gasteiger partial charge in [0.15, 0.2) is 5.78 Å². The number of carbonyl (C=O) groups is 2. The number of piperidine rings is 1. The molecule has 2 aliphatic rings. The number of ketones is 1. The molecule has 0 spiro atoms. The molecular weight excluding hydrogens is 505 g/mol. The van der Waals surface area contributed by atoms with E-state index < -0.39 is 6.17 Å². The highest BCUT2D eigenvalue weighted by molar-refractivity contribution is 6.23. The van der Waals surface area contributed by atoms with E-state index in [0.717, 1.165) is 47.4 Å². The quantitative estimate of drug-likeness (QED) is 0.323. The number of hydrogen-bond acceptors (Lipinski definition) is 4. The lowest BCUT2D eigenvalue weighted by atomic mass is 9.98. The van der Waals surface area contributed by atoms with E-state index in [1.165, 1.54) is 0 Å². The van der Waals surface area contributed by atoms with Gasteiger partial charge in [0.05, 0.1) is 23.5 Å². The van der Waals surface area contributed by atoms with Gasteiger partial charge in [0.1, 0.15) is 6.17 Å². The van der Waals surface area contributed by atoms with Crippen LogP contribution in [0.3, 0.4) is 0 Å². The molecule has 2 aromatic heterocycles. The minimum atomic E-state index is -0.683. The number of benzene rings is 2. The van der Waals surface area contributed by atoms with E-state index in [9.17, 15) is 14.0 Å². The number of Topliss-reactive ketones (excluding diaryl/α,β-unsaturated/α-hetero) is 1. The molecule has 1 aliphatic heterocycles. The van der Waals surface area contributed by atoms with Gasteiger partial charge in [-0.2, -0.15) is 5.10 Å². The van der Waals surface area contributed by atoms with Gasteiger partial charge in [0.2, 0.25) is 0 Å². The Morgan fingerprint density at radius 1 is 1.15 bits per heavy atom. The van der Waals surface area contributed by atoms with Crippen molar-refractivity contribution in [2.45, 2.75) is 44.9 Å². The van der Waals surface area contributed by atoms with Gasteiger partial charge in [-0.1, -0.05) is 42.5 Å². The number of aromatic nitrogens is 3. The monoisotopic (exact) mass is 537 g/mol. The number of aromatic amines is 1. The first-order chi connectivity index (χ1) is 19.4. The zero-order chi connectivity index (χ0) is 27.6. The average Bonchev–Trinajstić information content (AvgIpc) is 3.63. The summed E-state index contributed by atoms with van der Waals surface area (Å²) in [5.41, 5.74) is 5.49. The molecule has 0 bridgehead atoms. The summed E-state index contributed by atoms with van der Waals surface area (Å²) < 4.78 is 15.3. The van der Waals surface area contributed by atoms with Crippen molar-refractivity contribution < 1.29 is 14.0 Å². The van der Waals surface area contributed by atoms with Gasteiger partial charge < -0.3 is 10.3 Å². The van der Waals surface area contributed by atoms with E-state index in [0.29, 0.717) is 29.7 Å². The summed E-state index contributed by atoms with van der Waals surface area (Å²) in [6.07, 6.45) is 7.47. The fraction of sp³-hybridized carbons (Fsp3) is 0.281. The smallest absolute Gasteiger partial charge is 0.258 e. The molecule has 1 atom stereocenters. The molecule has 204 valence electrons. The Kier molecular flexibility index (Phi) is 7.17. The van der Waals surface area contributed by atoms with Crippen LogP contribution in [0.4, 0.5) is 4.39 Å². The number of fused-ring (bicyclic) bond motifs is 1. The fourth-order valence-electron chi connectivity index (χ4n) is 5.42. The molecule has 6 rings (SSSR count). The van der Waals surface area contributed by atoms with Crippen LogP contribution in [-0.2, 0) is 11.3 Å². The number of rotatable bonds is 7. The molecule has 3 heterocycles. The predicted octanol–water partition coefficient (Wildman–Crippen LogP) is 5.58. The van der Waals surface area contributed by atoms with Crippen molar-refractivity contribution in [3.05, 3.63) is 107 Å². The number of nitrogens with zero attached hydrogens (tertiary/aromatic N) is 3. The molecule has 1 saturated heterocycles. The van der Waals surface area contributed by atoms with Crippen molar-refractivity contribution >= 4 is 28.2 Å². The zero-order valence-electron chi connectivity index (χ0n) is 22.4. The first-order valence-electron chi connectivity index (χ1n) is 13.8. The summed E-state index contributed by atoms with van der Waals surface area (Å²) >= 11 is 0. The SMILES string of the molecule is C[C@H](c1ccccc1)n1cc(C(=O)NC2=CCC(=O)C(c3cc4cc(CN5CCC(F)CC5)ccc4[nH]3)=C2)cn1. The van der Waals surface area contributed by atoms with Crippen molar-refractivity contribution in [2.24, 2.45) is 0 Å². The number of alkyl halides is 1. The third kappa shape index (κ3) is 5.53. The lowest BCUT2D eigenvalue weighted by molar-refractivity contribution is -0.113. The summed E-state index contributed by atoms with van der Waals surface area (Å²) in [4.78, 5) is 31.5. The Labute approximate surface area is 232 Å². The Bertz CT molecular complexity index is 1610. The lowest BCUT2D eigenvalue weighted by Crippen LogP contribution is -2.33.